The van der Waals surface area contributed by atoms with Gasteiger partial charge in [0.25, 0.3) is 0 Å². The quantitative estimate of drug-likeness (QED) is 0.449. The van der Waals surface area contributed by atoms with E-state index in [0.29, 0.717) is 10.8 Å². The molecule has 1 heterocycles. The highest BCUT2D eigenvalue weighted by Crippen LogP contribution is 2.31. The van der Waals surface area contributed by atoms with Gasteiger partial charge in [0.15, 0.2) is 5.03 Å². The first-order chi connectivity index (χ1) is 8.58. The van der Waals surface area contributed by atoms with Gasteiger partial charge in [0, 0.05) is 17.9 Å². The van der Waals surface area contributed by atoms with E-state index in [1.807, 2.05) is 6.92 Å². The molecule has 0 bridgehead atoms. The minimum atomic E-state index is -0.455. The molecule has 0 radical (unpaired) electrons. The second-order valence-corrected chi connectivity index (χ2v) is 5.24. The highest BCUT2D eigenvalue weighted by Gasteiger charge is 2.18. The molecule has 0 saturated heterocycles. The van der Waals surface area contributed by atoms with Gasteiger partial charge < -0.3 is 10.4 Å². The summed E-state index contributed by atoms with van der Waals surface area (Å²) in [7, 11) is 0. The smallest absolute Gasteiger partial charge is 0.301 e. The van der Waals surface area contributed by atoms with Crippen molar-refractivity contribution in [1.29, 1.82) is 0 Å². The molecule has 1 unspecified atom stereocenters. The van der Waals surface area contributed by atoms with Crippen molar-refractivity contribution in [2.24, 2.45) is 0 Å². The normalized spacial score (nSPS) is 12.2. The number of anilines is 1. The molecule has 0 aliphatic rings. The average molecular weight is 271 g/mol. The fraction of sp³-hybridized carbons (Fsp3) is 0.545. The second kappa shape index (κ2) is 7.17. The number of aromatic nitrogens is 1. The zero-order valence-corrected chi connectivity index (χ0v) is 11.2. The van der Waals surface area contributed by atoms with E-state index < -0.39 is 4.92 Å². The first-order valence-corrected chi connectivity index (χ1v) is 6.63. The van der Waals surface area contributed by atoms with Crippen LogP contribution >= 0.6 is 11.8 Å². The molecule has 1 rings (SSSR count). The van der Waals surface area contributed by atoms with Crippen LogP contribution in [0.4, 0.5) is 11.5 Å². The summed E-state index contributed by atoms with van der Waals surface area (Å²) in [5.74, 6) is 0.620. The molecule has 7 heteroatoms. The molecule has 18 heavy (non-hydrogen) atoms. The first kappa shape index (κ1) is 14.7. The summed E-state index contributed by atoms with van der Waals surface area (Å²) in [6.07, 6.45) is 0.953. The molecule has 0 aliphatic carbocycles. The van der Waals surface area contributed by atoms with E-state index in [0.717, 1.165) is 13.0 Å². The maximum absolute atomic E-state index is 10.9. The van der Waals surface area contributed by atoms with E-state index in [-0.39, 0.29) is 17.5 Å². The number of hydrogen-bond donors (Lipinski definition) is 2. The van der Waals surface area contributed by atoms with E-state index in [9.17, 15) is 10.1 Å². The third kappa shape index (κ3) is 4.15. The molecule has 2 N–H and O–H groups in total. The second-order valence-electron chi connectivity index (χ2n) is 3.82. The van der Waals surface area contributed by atoms with Crippen molar-refractivity contribution in [2.45, 2.75) is 30.5 Å². The van der Waals surface area contributed by atoms with Crippen molar-refractivity contribution in [3.63, 3.8) is 0 Å². The predicted molar refractivity (Wildman–Crippen MR) is 72.1 cm³/mol. The van der Waals surface area contributed by atoms with Gasteiger partial charge in [-0.05, 0) is 12.5 Å². The van der Waals surface area contributed by atoms with E-state index in [2.05, 4.69) is 10.3 Å². The molecule has 0 saturated carbocycles. The van der Waals surface area contributed by atoms with Crippen LogP contribution in [0.5, 0.6) is 0 Å². The molecule has 0 amide bonds. The molecule has 0 aromatic carbocycles. The van der Waals surface area contributed by atoms with E-state index in [4.69, 9.17) is 5.11 Å². The Bertz CT molecular complexity index is 415. The standard InChI is InChI=1S/C11H17N3O3S/c1-3-6-12-10-5-4-9(14(16)17)11(13-10)18-8(2)7-15/h4-5,8,15H,3,6-7H2,1-2H3,(H,12,13). The van der Waals surface area contributed by atoms with Crippen molar-refractivity contribution in [3.8, 4) is 0 Å². The lowest BCUT2D eigenvalue weighted by molar-refractivity contribution is -0.388. The average Bonchev–Trinajstić information content (AvgIpc) is 2.36. The number of nitrogens with zero attached hydrogens (tertiary/aromatic N) is 2. The number of aliphatic hydroxyl groups is 1. The first-order valence-electron chi connectivity index (χ1n) is 5.75. The van der Waals surface area contributed by atoms with Crippen LogP contribution in [-0.4, -0.2) is 33.4 Å². The molecule has 1 aromatic rings. The molecule has 100 valence electrons. The fourth-order valence-electron chi connectivity index (χ4n) is 1.24. The van der Waals surface area contributed by atoms with Crippen LogP contribution in [-0.2, 0) is 0 Å². The molecular weight excluding hydrogens is 254 g/mol. The van der Waals surface area contributed by atoms with Gasteiger partial charge in [-0.25, -0.2) is 4.98 Å². The summed E-state index contributed by atoms with van der Waals surface area (Å²) < 4.78 is 0. The van der Waals surface area contributed by atoms with Crippen LogP contribution in [0.15, 0.2) is 17.2 Å². The Kier molecular flexibility index (Phi) is 5.87. The van der Waals surface area contributed by atoms with Gasteiger partial charge in [-0.3, -0.25) is 10.1 Å². The highest BCUT2D eigenvalue weighted by atomic mass is 32.2. The zero-order valence-electron chi connectivity index (χ0n) is 10.4. The van der Waals surface area contributed by atoms with Crippen molar-refractivity contribution in [1.82, 2.24) is 4.98 Å². The van der Waals surface area contributed by atoms with Gasteiger partial charge >= 0.3 is 5.69 Å². The Morgan fingerprint density at radius 1 is 1.61 bits per heavy atom. The predicted octanol–water partition coefficient (Wildman–Crippen LogP) is 2.28. The number of thioether (sulfide) groups is 1. The van der Waals surface area contributed by atoms with Crippen LogP contribution in [0.3, 0.4) is 0 Å². The van der Waals surface area contributed by atoms with Crippen molar-refractivity contribution in [2.75, 3.05) is 18.5 Å². The summed E-state index contributed by atoms with van der Waals surface area (Å²) in [6, 6.07) is 3.04. The van der Waals surface area contributed by atoms with E-state index in [1.54, 1.807) is 13.0 Å². The number of hydrogen-bond acceptors (Lipinski definition) is 6. The van der Waals surface area contributed by atoms with Gasteiger partial charge in [0.05, 0.1) is 11.5 Å². The summed E-state index contributed by atoms with van der Waals surface area (Å²) in [6.45, 7) is 4.55. The number of rotatable bonds is 7. The monoisotopic (exact) mass is 271 g/mol. The summed E-state index contributed by atoms with van der Waals surface area (Å²) in [5.41, 5.74) is -0.0256. The number of aliphatic hydroxyl groups excluding tert-OH is 1. The number of nitrogens with one attached hydrogen (secondary N) is 1. The number of pyridine rings is 1. The Hall–Kier alpha value is -1.34. The maximum atomic E-state index is 10.9. The van der Waals surface area contributed by atoms with Crippen LogP contribution in [0, 0.1) is 10.1 Å². The lowest BCUT2D eigenvalue weighted by Crippen LogP contribution is -2.07. The van der Waals surface area contributed by atoms with Crippen LogP contribution in [0.25, 0.3) is 0 Å². The Morgan fingerprint density at radius 3 is 2.89 bits per heavy atom. The topological polar surface area (TPSA) is 88.3 Å². The van der Waals surface area contributed by atoms with Crippen molar-refractivity contribution >= 4 is 23.3 Å². The van der Waals surface area contributed by atoms with Crippen molar-refractivity contribution in [3.05, 3.63) is 22.2 Å². The Morgan fingerprint density at radius 2 is 2.33 bits per heavy atom. The summed E-state index contributed by atoms with van der Waals surface area (Å²) in [4.78, 5) is 14.6. The molecule has 0 spiro atoms. The fourth-order valence-corrected chi connectivity index (χ4v) is 2.11. The SMILES string of the molecule is CCCNc1ccc([N+](=O)[O-])c(SC(C)CO)n1. The third-order valence-corrected chi connectivity index (χ3v) is 3.24. The van der Waals surface area contributed by atoms with E-state index in [1.165, 1.54) is 17.8 Å². The molecule has 1 atom stereocenters. The van der Waals surface area contributed by atoms with E-state index >= 15 is 0 Å². The number of nitro groups is 1. The highest BCUT2D eigenvalue weighted by molar-refractivity contribution is 8.00. The lowest BCUT2D eigenvalue weighted by atomic mass is 10.4. The van der Waals surface area contributed by atoms with Gasteiger partial charge in [-0.1, -0.05) is 25.6 Å². The largest absolute Gasteiger partial charge is 0.395 e. The van der Waals surface area contributed by atoms with Gasteiger partial charge in [0.2, 0.25) is 0 Å². The Labute approximate surface area is 110 Å². The van der Waals surface area contributed by atoms with Crippen LogP contribution < -0.4 is 5.32 Å². The zero-order chi connectivity index (χ0) is 13.5. The minimum Gasteiger partial charge on any atom is -0.395 e. The van der Waals surface area contributed by atoms with Crippen LogP contribution in [0.2, 0.25) is 0 Å². The molecular formula is C11H17N3O3S. The summed E-state index contributed by atoms with van der Waals surface area (Å²) >= 11 is 1.20. The molecule has 6 nitrogen and oxygen atoms in total. The summed E-state index contributed by atoms with van der Waals surface area (Å²) in [5, 5.41) is 23.2. The molecule has 0 fully saturated rings. The van der Waals surface area contributed by atoms with Gasteiger partial charge in [-0.2, -0.15) is 0 Å². The lowest BCUT2D eigenvalue weighted by Gasteiger charge is -2.09. The molecule has 0 aliphatic heterocycles. The van der Waals surface area contributed by atoms with Gasteiger partial charge in [0.1, 0.15) is 5.82 Å². The Balaban J connectivity index is 2.95. The van der Waals surface area contributed by atoms with Gasteiger partial charge in [-0.15, -0.1) is 0 Å². The minimum absolute atomic E-state index is 0.0256. The molecule has 1 aromatic heterocycles. The maximum Gasteiger partial charge on any atom is 0.301 e. The van der Waals surface area contributed by atoms with Crippen molar-refractivity contribution < 1.29 is 10.0 Å². The van der Waals surface area contributed by atoms with Crippen LogP contribution in [0.1, 0.15) is 20.3 Å². The third-order valence-electron chi connectivity index (χ3n) is 2.16.